The molecule has 2 N–H and O–H groups in total. The summed E-state index contributed by atoms with van der Waals surface area (Å²) in [6.07, 6.45) is 1.81. The van der Waals surface area contributed by atoms with Gasteiger partial charge in [0, 0.05) is 17.1 Å². The van der Waals surface area contributed by atoms with Crippen LogP contribution < -0.4 is 10.5 Å². The van der Waals surface area contributed by atoms with Gasteiger partial charge in [-0.2, -0.15) is 0 Å². The molecule has 1 aromatic heterocycles. The van der Waals surface area contributed by atoms with Crippen LogP contribution >= 0.6 is 11.6 Å². The van der Waals surface area contributed by atoms with Gasteiger partial charge in [0.1, 0.15) is 5.75 Å². The maximum atomic E-state index is 6.34. The fraction of sp³-hybridized carbons (Fsp3) is 0.188. The molecule has 1 atom stereocenters. The lowest BCUT2D eigenvalue weighted by atomic mass is 10.1. The number of rotatable bonds is 4. The zero-order valence-electron chi connectivity index (χ0n) is 11.7. The Labute approximate surface area is 128 Å². The third-order valence-corrected chi connectivity index (χ3v) is 3.75. The molecule has 0 bridgehead atoms. The Hall–Kier alpha value is -2.04. The number of methoxy groups -OCH3 is 1. The molecule has 0 aliphatic rings. The van der Waals surface area contributed by atoms with E-state index in [1.165, 1.54) is 0 Å². The second-order valence-corrected chi connectivity index (χ2v) is 5.31. The Kier molecular flexibility index (Phi) is 3.82. The monoisotopic (exact) mass is 301 g/mol. The van der Waals surface area contributed by atoms with Gasteiger partial charge in [-0.15, -0.1) is 0 Å². The second-order valence-electron chi connectivity index (χ2n) is 4.88. The van der Waals surface area contributed by atoms with Crippen LogP contribution in [0.4, 0.5) is 0 Å². The molecule has 2 aromatic carbocycles. The van der Waals surface area contributed by atoms with Crippen molar-refractivity contribution in [2.45, 2.75) is 12.6 Å². The highest BCUT2D eigenvalue weighted by molar-refractivity contribution is 6.30. The van der Waals surface area contributed by atoms with Gasteiger partial charge in [-0.05, 0) is 30.3 Å². The van der Waals surface area contributed by atoms with Crippen molar-refractivity contribution in [1.29, 1.82) is 0 Å². The lowest BCUT2D eigenvalue weighted by molar-refractivity contribution is 0.402. The first-order valence-corrected chi connectivity index (χ1v) is 7.05. The summed E-state index contributed by atoms with van der Waals surface area (Å²) in [4.78, 5) is 4.38. The zero-order valence-corrected chi connectivity index (χ0v) is 12.4. The summed E-state index contributed by atoms with van der Waals surface area (Å²) in [5.74, 6) is 0.747. The van der Waals surface area contributed by atoms with Gasteiger partial charge >= 0.3 is 0 Å². The van der Waals surface area contributed by atoms with Crippen LogP contribution in [0, 0.1) is 0 Å². The van der Waals surface area contributed by atoms with E-state index in [0.717, 1.165) is 22.3 Å². The number of aromatic nitrogens is 2. The van der Waals surface area contributed by atoms with Crippen LogP contribution in [0.2, 0.25) is 5.02 Å². The normalized spacial score (nSPS) is 12.5. The summed E-state index contributed by atoms with van der Waals surface area (Å²) in [6.45, 7) is 0.608. The van der Waals surface area contributed by atoms with E-state index in [0.29, 0.717) is 11.6 Å². The molecule has 0 aliphatic heterocycles. The second kappa shape index (κ2) is 5.76. The van der Waals surface area contributed by atoms with Crippen LogP contribution in [-0.4, -0.2) is 16.7 Å². The van der Waals surface area contributed by atoms with Gasteiger partial charge in [-0.25, -0.2) is 4.98 Å². The van der Waals surface area contributed by atoms with Crippen LogP contribution in [0.1, 0.15) is 11.6 Å². The number of para-hydroxylation sites is 2. The summed E-state index contributed by atoms with van der Waals surface area (Å²) >= 11 is 6.06. The minimum Gasteiger partial charge on any atom is -0.496 e. The molecule has 0 radical (unpaired) electrons. The molecule has 1 heterocycles. The Morgan fingerprint density at radius 1 is 1.29 bits per heavy atom. The number of benzene rings is 2. The third kappa shape index (κ3) is 2.73. The van der Waals surface area contributed by atoms with E-state index in [-0.39, 0.29) is 6.04 Å². The molecule has 3 rings (SSSR count). The first-order chi connectivity index (χ1) is 10.2. The molecule has 108 valence electrons. The molecule has 0 aliphatic carbocycles. The third-order valence-electron chi connectivity index (χ3n) is 3.51. The molecule has 5 heteroatoms. The lowest BCUT2D eigenvalue weighted by Gasteiger charge is -2.17. The fourth-order valence-corrected chi connectivity index (χ4v) is 2.64. The van der Waals surface area contributed by atoms with Gasteiger partial charge in [0.05, 0.1) is 30.5 Å². The SMILES string of the molecule is COc1ccc(Cl)cc1C(N)Cn1cnc2ccccc21. The van der Waals surface area contributed by atoms with Crippen LogP contribution in [0.5, 0.6) is 5.75 Å². The van der Waals surface area contributed by atoms with Crippen LogP contribution in [0.3, 0.4) is 0 Å². The van der Waals surface area contributed by atoms with Crippen molar-refractivity contribution in [3.05, 3.63) is 59.4 Å². The van der Waals surface area contributed by atoms with Crippen LogP contribution in [0.15, 0.2) is 48.8 Å². The summed E-state index contributed by atoms with van der Waals surface area (Å²) < 4.78 is 7.41. The quantitative estimate of drug-likeness (QED) is 0.803. The Morgan fingerprint density at radius 3 is 2.90 bits per heavy atom. The number of fused-ring (bicyclic) bond motifs is 1. The molecule has 0 saturated carbocycles. The van der Waals surface area contributed by atoms with Gasteiger partial charge in [-0.3, -0.25) is 0 Å². The molecule has 4 nitrogen and oxygen atoms in total. The Balaban J connectivity index is 1.93. The first-order valence-electron chi connectivity index (χ1n) is 6.68. The molecule has 3 aromatic rings. The van der Waals surface area contributed by atoms with E-state index in [1.807, 2.05) is 47.3 Å². The maximum Gasteiger partial charge on any atom is 0.123 e. The molecule has 0 amide bonds. The predicted molar refractivity (Wildman–Crippen MR) is 84.7 cm³/mol. The van der Waals surface area contributed by atoms with E-state index in [9.17, 15) is 0 Å². The van der Waals surface area contributed by atoms with Crippen LogP contribution in [-0.2, 0) is 6.54 Å². The summed E-state index contributed by atoms with van der Waals surface area (Å²) in [6, 6.07) is 13.2. The highest BCUT2D eigenvalue weighted by Crippen LogP contribution is 2.28. The van der Waals surface area contributed by atoms with Crippen molar-refractivity contribution in [3.8, 4) is 5.75 Å². The van der Waals surface area contributed by atoms with E-state index >= 15 is 0 Å². The van der Waals surface area contributed by atoms with Crippen LogP contribution in [0.25, 0.3) is 11.0 Å². The number of imidazole rings is 1. The van der Waals surface area contributed by atoms with Crippen molar-refractivity contribution < 1.29 is 4.74 Å². The molecular weight excluding hydrogens is 286 g/mol. The number of hydrogen-bond donors (Lipinski definition) is 1. The molecule has 1 unspecified atom stereocenters. The zero-order chi connectivity index (χ0) is 14.8. The van der Waals surface area contributed by atoms with Gasteiger partial charge in [0.25, 0.3) is 0 Å². The average Bonchev–Trinajstić information content (AvgIpc) is 2.90. The molecule has 0 fully saturated rings. The van der Waals surface area contributed by atoms with Gasteiger partial charge < -0.3 is 15.0 Å². The molecule has 0 saturated heterocycles. The fourth-order valence-electron chi connectivity index (χ4n) is 2.46. The highest BCUT2D eigenvalue weighted by Gasteiger charge is 2.14. The number of hydrogen-bond acceptors (Lipinski definition) is 3. The topological polar surface area (TPSA) is 53.1 Å². The van der Waals surface area contributed by atoms with Crippen molar-refractivity contribution >= 4 is 22.6 Å². The summed E-state index contributed by atoms with van der Waals surface area (Å²) in [7, 11) is 1.63. The van der Waals surface area contributed by atoms with Gasteiger partial charge in [0.2, 0.25) is 0 Å². The van der Waals surface area contributed by atoms with Crippen molar-refractivity contribution in [2.75, 3.05) is 7.11 Å². The van der Waals surface area contributed by atoms with E-state index in [2.05, 4.69) is 4.98 Å². The standard InChI is InChI=1S/C16H16ClN3O/c1-21-16-7-6-11(17)8-12(16)13(18)9-20-10-19-14-4-2-3-5-15(14)20/h2-8,10,13H,9,18H2,1H3. The Morgan fingerprint density at radius 2 is 2.10 bits per heavy atom. The van der Waals surface area contributed by atoms with Crippen molar-refractivity contribution in [2.24, 2.45) is 5.73 Å². The minimum absolute atomic E-state index is 0.226. The summed E-state index contributed by atoms with van der Waals surface area (Å²) in [5, 5.41) is 0.650. The number of nitrogens with two attached hydrogens (primary N) is 1. The van der Waals surface area contributed by atoms with Gasteiger partial charge in [-0.1, -0.05) is 23.7 Å². The predicted octanol–water partition coefficient (Wildman–Crippen LogP) is 3.40. The first kappa shape index (κ1) is 13.9. The number of halogens is 1. The molecule has 21 heavy (non-hydrogen) atoms. The average molecular weight is 302 g/mol. The lowest BCUT2D eigenvalue weighted by Crippen LogP contribution is -2.18. The van der Waals surface area contributed by atoms with E-state index in [4.69, 9.17) is 22.1 Å². The van der Waals surface area contributed by atoms with Crippen molar-refractivity contribution in [1.82, 2.24) is 9.55 Å². The highest BCUT2D eigenvalue weighted by atomic mass is 35.5. The molecule has 0 spiro atoms. The van der Waals surface area contributed by atoms with E-state index in [1.54, 1.807) is 13.2 Å². The van der Waals surface area contributed by atoms with E-state index < -0.39 is 0 Å². The largest absolute Gasteiger partial charge is 0.496 e. The smallest absolute Gasteiger partial charge is 0.123 e. The Bertz CT molecular complexity index is 769. The number of ether oxygens (including phenoxy) is 1. The molecular formula is C16H16ClN3O. The number of nitrogens with zero attached hydrogens (tertiary/aromatic N) is 2. The maximum absolute atomic E-state index is 6.34. The summed E-state index contributed by atoms with van der Waals surface area (Å²) in [5.41, 5.74) is 9.25. The van der Waals surface area contributed by atoms with Gasteiger partial charge in [0.15, 0.2) is 0 Å². The minimum atomic E-state index is -0.226. The van der Waals surface area contributed by atoms with Crippen molar-refractivity contribution in [3.63, 3.8) is 0 Å².